The summed E-state index contributed by atoms with van der Waals surface area (Å²) in [6.45, 7) is 0. The molecule has 9 aromatic carbocycles. The molecule has 0 N–H and O–H groups in total. The Labute approximate surface area is 327 Å². The number of hydrogen-bond donors (Lipinski definition) is 0. The normalized spacial score (nSPS) is 11.6. The van der Waals surface area contributed by atoms with Crippen LogP contribution in [0.15, 0.2) is 200 Å². The Hall–Kier alpha value is -6.52. The van der Waals surface area contributed by atoms with E-state index in [1.807, 2.05) is 22.7 Å². The second-order valence-corrected chi connectivity index (χ2v) is 16.2. The fourth-order valence-corrected chi connectivity index (χ4v) is 10.5. The van der Waals surface area contributed by atoms with Crippen molar-refractivity contribution in [3.05, 3.63) is 200 Å². The summed E-state index contributed by atoms with van der Waals surface area (Å²) in [5.41, 5.74) is 10.6. The van der Waals surface area contributed by atoms with Crippen molar-refractivity contribution < 1.29 is 0 Å². The van der Waals surface area contributed by atoms with E-state index in [1.165, 1.54) is 84.5 Å². The predicted molar refractivity (Wildman–Crippen MR) is 241 cm³/mol. The first-order valence-corrected chi connectivity index (χ1v) is 20.3. The Balaban J connectivity index is 1.16. The molecule has 0 unspecified atom stereocenters. The molecule has 0 saturated heterocycles. The lowest BCUT2D eigenvalue weighted by molar-refractivity contribution is 1.29. The number of fused-ring (bicyclic) bond motifs is 7. The van der Waals surface area contributed by atoms with Crippen LogP contribution >= 0.6 is 22.7 Å². The molecule has 0 spiro atoms. The van der Waals surface area contributed by atoms with Crippen LogP contribution in [-0.4, -0.2) is 0 Å². The highest BCUT2D eigenvalue weighted by Crippen LogP contribution is 2.48. The van der Waals surface area contributed by atoms with Gasteiger partial charge in [0.15, 0.2) is 0 Å². The molecule has 0 atom stereocenters. The van der Waals surface area contributed by atoms with Crippen LogP contribution in [0.2, 0.25) is 0 Å². The molecule has 0 aliphatic carbocycles. The summed E-state index contributed by atoms with van der Waals surface area (Å²) in [5, 5.41) is 7.72. The van der Waals surface area contributed by atoms with Crippen LogP contribution in [0.3, 0.4) is 0 Å². The lowest BCUT2D eigenvalue weighted by Gasteiger charge is -2.29. The van der Waals surface area contributed by atoms with Crippen molar-refractivity contribution in [1.29, 1.82) is 0 Å². The number of rotatable bonds is 6. The molecule has 55 heavy (non-hydrogen) atoms. The smallest absolute Gasteiger partial charge is 0.0546 e. The van der Waals surface area contributed by atoms with Crippen molar-refractivity contribution in [2.75, 3.05) is 4.90 Å². The van der Waals surface area contributed by atoms with E-state index in [9.17, 15) is 0 Å². The summed E-state index contributed by atoms with van der Waals surface area (Å²) in [5.74, 6) is 0. The molecule has 2 heterocycles. The van der Waals surface area contributed by atoms with Crippen molar-refractivity contribution >= 4 is 90.9 Å². The molecular formula is C52H33NS2. The van der Waals surface area contributed by atoms with Gasteiger partial charge in [-0.15, -0.1) is 22.7 Å². The number of thiophene rings is 2. The van der Waals surface area contributed by atoms with Gasteiger partial charge in [0, 0.05) is 57.3 Å². The van der Waals surface area contributed by atoms with E-state index in [2.05, 4.69) is 205 Å². The molecular weight excluding hydrogens is 703 g/mol. The Kier molecular flexibility index (Phi) is 7.61. The largest absolute Gasteiger partial charge is 0.310 e. The zero-order chi connectivity index (χ0) is 36.3. The molecule has 0 radical (unpaired) electrons. The maximum Gasteiger partial charge on any atom is 0.0546 e. The Morgan fingerprint density at radius 1 is 0.309 bits per heavy atom. The van der Waals surface area contributed by atoms with Crippen molar-refractivity contribution in [1.82, 2.24) is 0 Å². The fraction of sp³-hybridized carbons (Fsp3) is 0. The van der Waals surface area contributed by atoms with Crippen molar-refractivity contribution in [3.63, 3.8) is 0 Å². The SMILES string of the molecule is c1ccc(-c2cccc(N(c3ccc(-c4cccc5ccccc45)cc3)c3ccc4c(c3)sc3ccccc34)c2-c2ccc3sc4ccccc4c3c2)cc1. The van der Waals surface area contributed by atoms with Crippen LogP contribution in [0, 0.1) is 0 Å². The summed E-state index contributed by atoms with van der Waals surface area (Å²) < 4.78 is 5.21. The molecule has 2 aromatic heterocycles. The second-order valence-electron chi connectivity index (χ2n) is 14.1. The summed E-state index contributed by atoms with van der Waals surface area (Å²) >= 11 is 3.73. The van der Waals surface area contributed by atoms with Gasteiger partial charge in [-0.3, -0.25) is 0 Å². The highest BCUT2D eigenvalue weighted by Gasteiger charge is 2.22. The van der Waals surface area contributed by atoms with Crippen molar-refractivity contribution in [3.8, 4) is 33.4 Å². The second kappa shape index (κ2) is 13.1. The average Bonchev–Trinajstić information content (AvgIpc) is 3.82. The first kappa shape index (κ1) is 32.0. The standard InChI is InChI=1S/C52H33NS2/c1-2-12-35(13-3-1)42-20-11-21-47(52(42)37-26-31-50-46(32-37)44-18-7-9-23-49(44)54-50)53(39-29-30-45-43-17-6-8-22-48(43)55-51(45)33-39)38-27-24-36(25-28-38)41-19-10-15-34-14-4-5-16-40(34)41/h1-33H. The Morgan fingerprint density at radius 2 is 0.873 bits per heavy atom. The number of anilines is 3. The minimum atomic E-state index is 1.11. The monoisotopic (exact) mass is 735 g/mol. The molecule has 0 saturated carbocycles. The summed E-state index contributed by atoms with van der Waals surface area (Å²) in [7, 11) is 0. The van der Waals surface area contributed by atoms with Crippen LogP contribution in [0.1, 0.15) is 0 Å². The minimum absolute atomic E-state index is 1.11. The van der Waals surface area contributed by atoms with E-state index >= 15 is 0 Å². The minimum Gasteiger partial charge on any atom is -0.310 e. The van der Waals surface area contributed by atoms with Gasteiger partial charge in [-0.25, -0.2) is 0 Å². The van der Waals surface area contributed by atoms with Gasteiger partial charge in [-0.2, -0.15) is 0 Å². The van der Waals surface area contributed by atoms with Crippen molar-refractivity contribution in [2.45, 2.75) is 0 Å². The molecule has 11 aromatic rings. The van der Waals surface area contributed by atoms with E-state index in [0.717, 1.165) is 17.1 Å². The molecule has 0 aliphatic rings. The van der Waals surface area contributed by atoms with E-state index in [-0.39, 0.29) is 0 Å². The Morgan fingerprint density at radius 3 is 1.69 bits per heavy atom. The van der Waals surface area contributed by atoms with Crippen LogP contribution < -0.4 is 4.90 Å². The molecule has 1 nitrogen and oxygen atoms in total. The third kappa shape index (κ3) is 5.43. The van der Waals surface area contributed by atoms with Crippen LogP contribution in [0.25, 0.3) is 84.5 Å². The van der Waals surface area contributed by atoms with E-state index in [4.69, 9.17) is 0 Å². The molecule has 3 heteroatoms. The average molecular weight is 736 g/mol. The molecule has 0 bridgehead atoms. The molecule has 0 amide bonds. The van der Waals surface area contributed by atoms with Gasteiger partial charge < -0.3 is 4.90 Å². The third-order valence-corrected chi connectivity index (χ3v) is 13.2. The zero-order valence-electron chi connectivity index (χ0n) is 29.8. The first-order chi connectivity index (χ1) is 27.3. The topological polar surface area (TPSA) is 3.24 Å². The predicted octanol–water partition coefficient (Wildman–Crippen LogP) is 16.0. The van der Waals surface area contributed by atoms with E-state index in [1.54, 1.807) is 0 Å². The van der Waals surface area contributed by atoms with E-state index in [0.29, 0.717) is 0 Å². The highest BCUT2D eigenvalue weighted by molar-refractivity contribution is 7.26. The lowest BCUT2D eigenvalue weighted by Crippen LogP contribution is -2.11. The van der Waals surface area contributed by atoms with Crippen LogP contribution in [0.5, 0.6) is 0 Å². The zero-order valence-corrected chi connectivity index (χ0v) is 31.4. The van der Waals surface area contributed by atoms with Gasteiger partial charge in [-0.1, -0.05) is 146 Å². The highest BCUT2D eigenvalue weighted by atomic mass is 32.1. The molecule has 0 fully saturated rings. The fourth-order valence-electron chi connectivity index (χ4n) is 8.32. The number of benzene rings is 9. The van der Waals surface area contributed by atoms with Crippen molar-refractivity contribution in [2.24, 2.45) is 0 Å². The lowest BCUT2D eigenvalue weighted by atomic mass is 9.91. The maximum absolute atomic E-state index is 2.47. The van der Waals surface area contributed by atoms with Crippen LogP contribution in [-0.2, 0) is 0 Å². The van der Waals surface area contributed by atoms with Gasteiger partial charge in [-0.05, 0) is 93.2 Å². The van der Waals surface area contributed by atoms with Gasteiger partial charge in [0.2, 0.25) is 0 Å². The summed E-state index contributed by atoms with van der Waals surface area (Å²) in [4.78, 5) is 2.47. The number of hydrogen-bond acceptors (Lipinski definition) is 3. The molecule has 11 rings (SSSR count). The van der Waals surface area contributed by atoms with E-state index < -0.39 is 0 Å². The van der Waals surface area contributed by atoms with Gasteiger partial charge >= 0.3 is 0 Å². The van der Waals surface area contributed by atoms with Crippen LogP contribution in [0.4, 0.5) is 17.1 Å². The Bertz CT molecular complexity index is 3200. The summed E-state index contributed by atoms with van der Waals surface area (Å²) in [6.07, 6.45) is 0. The first-order valence-electron chi connectivity index (χ1n) is 18.7. The quantitative estimate of drug-likeness (QED) is 0.164. The van der Waals surface area contributed by atoms with Gasteiger partial charge in [0.25, 0.3) is 0 Å². The van der Waals surface area contributed by atoms with Gasteiger partial charge in [0.1, 0.15) is 0 Å². The third-order valence-electron chi connectivity index (χ3n) is 10.9. The van der Waals surface area contributed by atoms with Gasteiger partial charge in [0.05, 0.1) is 5.69 Å². The summed E-state index contributed by atoms with van der Waals surface area (Å²) in [6, 6.07) is 73.6. The number of nitrogens with zero attached hydrogens (tertiary/aromatic N) is 1. The molecule has 258 valence electrons. The molecule has 0 aliphatic heterocycles. The maximum atomic E-state index is 2.47.